The monoisotopic (exact) mass is 432 g/mol. The molecule has 9 atom stereocenters. The average Bonchev–Trinajstić information content (AvgIpc) is 3.00. The molecule has 0 saturated heterocycles. The van der Waals surface area contributed by atoms with E-state index >= 15 is 0 Å². The quantitative estimate of drug-likeness (QED) is 0.529. The van der Waals surface area contributed by atoms with E-state index < -0.39 is 51.6 Å². The minimum Gasteiger partial charge on any atom is -0.431 e. The number of rotatable bonds is 1. The smallest absolute Gasteiger partial charge is 0.335 e. The number of aliphatic hydroxyl groups excluding tert-OH is 2. The Morgan fingerprint density at radius 2 is 1.74 bits per heavy atom. The zero-order valence-corrected chi connectivity index (χ0v) is 18.1. The number of fused-ring (bicyclic) bond motifs is 5. The molecule has 31 heavy (non-hydrogen) atoms. The highest BCUT2D eigenvalue weighted by Gasteiger charge is 2.75. The SMILES string of the molecule is CC12CCC(O)CC1(O)CCC1C2C(O)C(=O)C2(C)C(c3ccc(=O)oc3)CCC12O. The predicted molar refractivity (Wildman–Crippen MR) is 110 cm³/mol. The second-order valence-corrected chi connectivity index (χ2v) is 10.9. The summed E-state index contributed by atoms with van der Waals surface area (Å²) in [6.07, 6.45) is 2.55. The van der Waals surface area contributed by atoms with Gasteiger partial charge in [-0.05, 0) is 63.0 Å². The molecule has 1 aromatic rings. The molecule has 4 N–H and O–H groups in total. The molecule has 1 aromatic heterocycles. The number of aliphatic hydroxyl groups is 4. The third kappa shape index (κ3) is 2.49. The van der Waals surface area contributed by atoms with E-state index in [1.54, 1.807) is 13.0 Å². The third-order valence-corrected chi connectivity index (χ3v) is 9.94. The summed E-state index contributed by atoms with van der Waals surface area (Å²) in [5.41, 5.74) is -4.27. The maximum atomic E-state index is 13.8. The lowest BCUT2D eigenvalue weighted by atomic mass is 9.41. The first-order valence-electron chi connectivity index (χ1n) is 11.4. The van der Waals surface area contributed by atoms with E-state index in [1.165, 1.54) is 12.3 Å². The largest absolute Gasteiger partial charge is 0.431 e. The highest BCUT2D eigenvalue weighted by atomic mass is 16.4. The first-order valence-corrected chi connectivity index (χ1v) is 11.4. The Morgan fingerprint density at radius 3 is 2.42 bits per heavy atom. The van der Waals surface area contributed by atoms with Crippen molar-refractivity contribution in [3.8, 4) is 0 Å². The minimum atomic E-state index is -1.32. The van der Waals surface area contributed by atoms with E-state index in [2.05, 4.69) is 0 Å². The number of carbonyl (C=O) groups excluding carboxylic acids is 1. The topological polar surface area (TPSA) is 128 Å². The molecule has 4 aliphatic rings. The molecule has 0 spiro atoms. The van der Waals surface area contributed by atoms with Gasteiger partial charge in [-0.3, -0.25) is 4.79 Å². The van der Waals surface area contributed by atoms with Crippen LogP contribution in [0, 0.1) is 22.7 Å². The highest BCUT2D eigenvalue weighted by Crippen LogP contribution is 2.70. The fraction of sp³-hybridized carbons (Fsp3) is 0.750. The Bertz CT molecular complexity index is 952. The molecule has 5 rings (SSSR count). The van der Waals surface area contributed by atoms with Crippen molar-refractivity contribution in [1.82, 2.24) is 0 Å². The summed E-state index contributed by atoms with van der Waals surface area (Å²) in [5.74, 6) is -1.68. The van der Waals surface area contributed by atoms with Gasteiger partial charge >= 0.3 is 5.63 Å². The van der Waals surface area contributed by atoms with Crippen LogP contribution < -0.4 is 5.63 Å². The van der Waals surface area contributed by atoms with Crippen molar-refractivity contribution in [1.29, 1.82) is 0 Å². The van der Waals surface area contributed by atoms with Gasteiger partial charge in [0.15, 0.2) is 5.78 Å². The maximum absolute atomic E-state index is 13.8. The van der Waals surface area contributed by atoms with Crippen LogP contribution in [0.1, 0.15) is 70.3 Å². The third-order valence-electron chi connectivity index (χ3n) is 9.94. The molecule has 7 heteroatoms. The van der Waals surface area contributed by atoms with Crippen LogP contribution in [0.5, 0.6) is 0 Å². The number of hydrogen-bond acceptors (Lipinski definition) is 7. The lowest BCUT2D eigenvalue weighted by molar-refractivity contribution is -0.265. The van der Waals surface area contributed by atoms with E-state index in [1.807, 2.05) is 6.92 Å². The van der Waals surface area contributed by atoms with Crippen molar-refractivity contribution >= 4 is 5.78 Å². The number of Topliss-reactive ketones (excluding diaryl/α,β-unsaturated/α-hetero) is 1. The molecule has 9 unspecified atom stereocenters. The highest BCUT2D eigenvalue weighted by molar-refractivity contribution is 5.93. The zero-order valence-electron chi connectivity index (χ0n) is 18.1. The summed E-state index contributed by atoms with van der Waals surface area (Å²) in [5, 5.41) is 45.2. The Kier molecular flexibility index (Phi) is 4.47. The Hall–Kier alpha value is -1.54. The minimum absolute atomic E-state index is 0.231. The van der Waals surface area contributed by atoms with Gasteiger partial charge in [-0.1, -0.05) is 6.92 Å². The molecule has 1 heterocycles. The molecule has 0 radical (unpaired) electrons. The molecular formula is C24H32O7. The van der Waals surface area contributed by atoms with E-state index in [9.17, 15) is 30.0 Å². The molecule has 0 aliphatic heterocycles. The van der Waals surface area contributed by atoms with Crippen molar-refractivity contribution in [2.24, 2.45) is 22.7 Å². The molecular weight excluding hydrogens is 400 g/mol. The summed E-state index contributed by atoms with van der Waals surface area (Å²) < 4.78 is 5.04. The first kappa shape index (κ1) is 21.3. The van der Waals surface area contributed by atoms with Crippen LogP contribution >= 0.6 is 0 Å². The van der Waals surface area contributed by atoms with E-state index in [0.29, 0.717) is 44.1 Å². The summed E-state index contributed by atoms with van der Waals surface area (Å²) in [6, 6.07) is 2.96. The van der Waals surface area contributed by atoms with Crippen molar-refractivity contribution in [2.75, 3.05) is 0 Å². The van der Waals surface area contributed by atoms with Gasteiger partial charge < -0.3 is 24.8 Å². The Balaban J connectivity index is 1.60. The molecule has 4 fully saturated rings. The number of ketones is 1. The van der Waals surface area contributed by atoms with Gasteiger partial charge in [0.2, 0.25) is 0 Å². The van der Waals surface area contributed by atoms with Crippen LogP contribution in [0.25, 0.3) is 0 Å². The standard InChI is InChI=1S/C24H32O7/c1-21-8-5-14(25)11-23(21,29)9-6-16-18(21)19(27)20(28)22(2)15(7-10-24(16,22)30)13-3-4-17(26)31-12-13/h3-4,12,14-16,18-19,25,27,29-30H,5-11H2,1-2H3. The van der Waals surface area contributed by atoms with Crippen molar-refractivity contribution < 1.29 is 29.6 Å². The lowest BCUT2D eigenvalue weighted by Gasteiger charge is -2.66. The van der Waals surface area contributed by atoms with Gasteiger partial charge in [0.05, 0.1) is 29.0 Å². The van der Waals surface area contributed by atoms with Gasteiger partial charge in [-0.2, -0.15) is 0 Å². The van der Waals surface area contributed by atoms with Crippen molar-refractivity contribution in [3.63, 3.8) is 0 Å². The summed E-state index contributed by atoms with van der Waals surface area (Å²) >= 11 is 0. The predicted octanol–water partition coefficient (Wildman–Crippen LogP) is 1.51. The van der Waals surface area contributed by atoms with E-state index in [4.69, 9.17) is 4.42 Å². The fourth-order valence-electron chi connectivity index (χ4n) is 8.12. The van der Waals surface area contributed by atoms with E-state index in [-0.39, 0.29) is 18.3 Å². The van der Waals surface area contributed by atoms with Crippen molar-refractivity contribution in [3.05, 3.63) is 34.4 Å². The fourth-order valence-corrected chi connectivity index (χ4v) is 8.12. The van der Waals surface area contributed by atoms with Gasteiger partial charge in [-0.15, -0.1) is 0 Å². The van der Waals surface area contributed by atoms with E-state index in [0.717, 1.165) is 0 Å². The van der Waals surface area contributed by atoms with Crippen LogP contribution in [0.2, 0.25) is 0 Å². The molecule has 7 nitrogen and oxygen atoms in total. The van der Waals surface area contributed by atoms with Gasteiger partial charge in [0, 0.05) is 29.7 Å². The second kappa shape index (κ2) is 6.50. The number of carbonyl (C=O) groups is 1. The molecule has 170 valence electrons. The normalized spacial score (nSPS) is 51.7. The zero-order chi connectivity index (χ0) is 22.4. The molecule has 0 bridgehead atoms. The number of hydrogen-bond donors (Lipinski definition) is 4. The van der Waals surface area contributed by atoms with Crippen LogP contribution in [0.15, 0.2) is 27.6 Å². The summed E-state index contributed by atoms with van der Waals surface area (Å²) in [6.45, 7) is 3.65. The van der Waals surface area contributed by atoms with Crippen molar-refractivity contribution in [2.45, 2.75) is 88.1 Å². The second-order valence-electron chi connectivity index (χ2n) is 10.9. The molecule has 0 amide bonds. The van der Waals surface area contributed by atoms with Gasteiger partial charge in [0.1, 0.15) is 6.10 Å². The molecule has 4 aliphatic carbocycles. The van der Waals surface area contributed by atoms with Crippen LogP contribution in [0.3, 0.4) is 0 Å². The first-order chi connectivity index (χ1) is 14.5. The Labute approximate surface area is 181 Å². The lowest BCUT2D eigenvalue weighted by Crippen LogP contribution is -2.73. The maximum Gasteiger partial charge on any atom is 0.335 e. The van der Waals surface area contributed by atoms with Crippen LogP contribution in [-0.4, -0.2) is 49.6 Å². The molecule has 0 aromatic carbocycles. The summed E-state index contributed by atoms with van der Waals surface area (Å²) in [7, 11) is 0. The Morgan fingerprint density at radius 1 is 1.00 bits per heavy atom. The van der Waals surface area contributed by atoms with Gasteiger partial charge in [-0.25, -0.2) is 4.79 Å². The van der Waals surface area contributed by atoms with Gasteiger partial charge in [0.25, 0.3) is 0 Å². The van der Waals surface area contributed by atoms with Crippen LogP contribution in [-0.2, 0) is 4.79 Å². The summed E-state index contributed by atoms with van der Waals surface area (Å²) in [4.78, 5) is 25.2. The molecule has 4 saturated carbocycles. The average molecular weight is 433 g/mol. The van der Waals surface area contributed by atoms with Crippen LogP contribution in [0.4, 0.5) is 0 Å².